The lowest BCUT2D eigenvalue weighted by molar-refractivity contribution is 1.06. The van der Waals surface area contributed by atoms with Crippen LogP contribution >= 0.6 is 0 Å². The summed E-state index contributed by atoms with van der Waals surface area (Å²) < 4.78 is 0. The van der Waals surface area contributed by atoms with Crippen molar-refractivity contribution in [2.75, 3.05) is 0 Å². The number of nitrogens with zero attached hydrogens (tertiary/aromatic N) is 19. The maximum Gasteiger partial charge on any atom is 0.126 e. The Labute approximate surface area is 707 Å². The summed E-state index contributed by atoms with van der Waals surface area (Å²) in [4.78, 5) is 66.2. The molecule has 0 saturated carbocycles. The van der Waals surface area contributed by atoms with Gasteiger partial charge in [-0.25, -0.2) is 49.8 Å². The molecular weight excluding hydrogens is 1500 g/mol. The van der Waals surface area contributed by atoms with Crippen molar-refractivity contribution in [3.05, 3.63) is 404 Å². The highest BCUT2D eigenvalue weighted by atomic mass is 14.9. The van der Waals surface area contributed by atoms with Crippen LogP contribution < -0.4 is 0 Å². The van der Waals surface area contributed by atoms with Crippen LogP contribution in [0, 0.1) is 86.9 Å². The maximum absolute atomic E-state index is 8.96. The van der Waals surface area contributed by atoms with Crippen LogP contribution in [-0.4, -0.2) is 74.8 Å². The van der Waals surface area contributed by atoms with Crippen LogP contribution in [-0.2, 0) is 0 Å². The van der Waals surface area contributed by atoms with Crippen LogP contribution in [0.3, 0.4) is 0 Å². The van der Waals surface area contributed by atoms with Gasteiger partial charge >= 0.3 is 0 Å². The lowest BCUT2D eigenvalue weighted by Crippen LogP contribution is -1.95. The molecule has 10 aromatic heterocycles. The molecule has 19 nitrogen and oxygen atoms in total. The highest BCUT2D eigenvalue weighted by Crippen LogP contribution is 2.33. The molecule has 0 aliphatic heterocycles. The summed E-state index contributed by atoms with van der Waals surface area (Å²) in [5, 5.41) is 35.7. The van der Waals surface area contributed by atoms with E-state index in [0.29, 0.717) is 45.6 Å². The molecule has 582 valence electrons. The quantitative estimate of drug-likeness (QED) is 0.104. The zero-order chi connectivity index (χ0) is 84.5. The van der Waals surface area contributed by atoms with Gasteiger partial charge in [0.2, 0.25) is 0 Å². The van der Waals surface area contributed by atoms with Crippen molar-refractivity contribution in [1.29, 1.82) is 21.0 Å². The number of benzene rings is 8. The first-order valence-electron chi connectivity index (χ1n) is 38.9. The zero-order valence-electron chi connectivity index (χ0n) is 67.4. The summed E-state index contributed by atoms with van der Waals surface area (Å²) >= 11 is 0. The lowest BCUT2D eigenvalue weighted by atomic mass is 10.0. The molecule has 0 amide bonds. The Bertz CT molecular complexity index is 6330. The number of hydrogen-bond acceptors (Lipinski definition) is 19. The Kier molecular flexibility index (Phi) is 26.3. The van der Waals surface area contributed by atoms with Gasteiger partial charge in [-0.3, -0.25) is 24.9 Å². The third-order valence-electron chi connectivity index (χ3n) is 19.2. The first kappa shape index (κ1) is 81.4. The first-order valence-corrected chi connectivity index (χ1v) is 38.9. The standard InChI is InChI=1S/3C23H16N4.C17H12N4.C17H15N3/c1-16-26-22(20-4-2-17(15-24)3-5-20)14-23(27-16)21-8-6-18(7-9-21)19-10-12-25-13-11-19;1-16-26-22(19-6-4-17(14-24)5-7-19)13-23(27-16)20-10-8-18(9-11-20)21-3-2-12-25-15-21;1-16-26-22(19-7-5-17(15-24)6-8-19)14-23(27-16)20-11-9-18(10-12-20)21-4-2-3-13-25-21;1-12-20-16(14-4-2-13(11-18)3-5-14)10-17(21-12)15-6-8-19-9-7-15;1-12-5-7-14(8-6-12)16-10-17(20-13(2)19-16)15-4-3-9-18-11-15/h2-14H,1H3;2-13,15H,1H3;2-14H,1H3;2-10H,1H3;3-11H,1-2H3. The number of aryl methyl sites for hydroxylation is 6. The molecule has 8 aromatic carbocycles. The molecule has 0 spiro atoms. The van der Waals surface area contributed by atoms with E-state index in [2.05, 4.69) is 191 Å². The summed E-state index contributed by atoms with van der Waals surface area (Å²) in [5.74, 6) is 3.61. The summed E-state index contributed by atoms with van der Waals surface area (Å²) in [6.07, 6.45) is 16.1. The Morgan fingerprint density at radius 1 is 0.180 bits per heavy atom. The molecular formula is C103H75N19. The Morgan fingerprint density at radius 3 is 0.680 bits per heavy atom. The van der Waals surface area contributed by atoms with Gasteiger partial charge in [0, 0.05) is 117 Å². The van der Waals surface area contributed by atoms with Gasteiger partial charge in [-0.15, -0.1) is 0 Å². The van der Waals surface area contributed by atoms with Crippen LogP contribution in [0.25, 0.3) is 146 Å². The van der Waals surface area contributed by atoms with Gasteiger partial charge in [-0.2, -0.15) is 21.0 Å². The normalized spacial score (nSPS) is 10.3. The predicted octanol–water partition coefficient (Wildman–Crippen LogP) is 22.4. The largest absolute Gasteiger partial charge is 0.265 e. The van der Waals surface area contributed by atoms with Gasteiger partial charge in [0.25, 0.3) is 0 Å². The second-order valence-electron chi connectivity index (χ2n) is 28.0. The Balaban J connectivity index is 0.000000125. The van der Waals surface area contributed by atoms with Crippen molar-refractivity contribution in [2.45, 2.75) is 41.5 Å². The zero-order valence-corrected chi connectivity index (χ0v) is 67.4. The van der Waals surface area contributed by atoms with Crippen LogP contribution in [0.5, 0.6) is 0 Å². The maximum atomic E-state index is 8.96. The van der Waals surface area contributed by atoms with Crippen LogP contribution in [0.2, 0.25) is 0 Å². The number of hydrogen-bond donors (Lipinski definition) is 0. The van der Waals surface area contributed by atoms with E-state index in [9.17, 15) is 0 Å². The molecule has 0 N–H and O–H groups in total. The summed E-state index contributed by atoms with van der Waals surface area (Å²) in [6.45, 7) is 11.5. The van der Waals surface area contributed by atoms with Gasteiger partial charge < -0.3 is 0 Å². The van der Waals surface area contributed by atoms with E-state index in [1.165, 1.54) is 5.56 Å². The van der Waals surface area contributed by atoms with Crippen molar-refractivity contribution in [1.82, 2.24) is 74.8 Å². The fourth-order valence-electron chi connectivity index (χ4n) is 13.0. The number of aromatic nitrogens is 15. The van der Waals surface area contributed by atoms with E-state index in [1.807, 2.05) is 205 Å². The van der Waals surface area contributed by atoms with Crippen molar-refractivity contribution < 1.29 is 0 Å². The van der Waals surface area contributed by atoms with Gasteiger partial charge in [-0.1, -0.05) is 163 Å². The second-order valence-corrected chi connectivity index (χ2v) is 28.0. The van der Waals surface area contributed by atoms with Gasteiger partial charge in [-0.05, 0) is 197 Å². The minimum Gasteiger partial charge on any atom is -0.265 e. The number of rotatable bonds is 13. The number of pyridine rings is 5. The summed E-state index contributed by atoms with van der Waals surface area (Å²) in [5.41, 5.74) is 29.1. The Hall–Kier alpha value is -17.1. The van der Waals surface area contributed by atoms with E-state index < -0.39 is 0 Å². The molecule has 18 aromatic rings. The SMILES string of the molecule is Cc1ccc(-c2cc(-c3cccnc3)nc(C)n2)cc1.Cc1nc(-c2ccc(C#N)cc2)cc(-c2ccc(-c3ccccn3)cc2)n1.Cc1nc(-c2ccc(C#N)cc2)cc(-c2ccc(-c3cccnc3)cc2)n1.Cc1nc(-c2ccc(C#N)cc2)cc(-c2ccc(-c3ccncc3)cc2)n1.Cc1nc(-c2ccncc2)cc(-c2ccc(C#N)cc2)n1. The monoisotopic (exact) mass is 1580 g/mol. The van der Waals surface area contributed by atoms with Crippen LogP contribution in [0.1, 0.15) is 56.9 Å². The van der Waals surface area contributed by atoms with E-state index in [-0.39, 0.29) is 0 Å². The molecule has 19 heteroatoms. The van der Waals surface area contributed by atoms with Gasteiger partial charge in [0.05, 0.1) is 109 Å². The minimum absolute atomic E-state index is 0.634. The summed E-state index contributed by atoms with van der Waals surface area (Å²) in [7, 11) is 0. The average molecular weight is 1580 g/mol. The summed E-state index contributed by atoms with van der Waals surface area (Å²) in [6, 6.07) is 103. The van der Waals surface area contributed by atoms with E-state index in [0.717, 1.165) is 152 Å². The minimum atomic E-state index is 0.634. The smallest absolute Gasteiger partial charge is 0.126 e. The number of nitriles is 4. The second kappa shape index (κ2) is 39.5. The third kappa shape index (κ3) is 21.5. The molecule has 0 radical (unpaired) electrons. The molecule has 0 fully saturated rings. The fraction of sp³-hybridized carbons (Fsp3) is 0.0583. The van der Waals surface area contributed by atoms with Crippen molar-refractivity contribution >= 4 is 0 Å². The van der Waals surface area contributed by atoms with Crippen molar-refractivity contribution in [2.24, 2.45) is 0 Å². The van der Waals surface area contributed by atoms with Crippen LogP contribution in [0.4, 0.5) is 0 Å². The molecule has 122 heavy (non-hydrogen) atoms. The molecule has 0 aliphatic carbocycles. The van der Waals surface area contributed by atoms with E-state index >= 15 is 0 Å². The Morgan fingerprint density at radius 2 is 0.410 bits per heavy atom. The van der Waals surface area contributed by atoms with E-state index in [1.54, 1.807) is 91.9 Å². The topological polar surface area (TPSA) is 289 Å². The first-order chi connectivity index (χ1) is 59.7. The molecule has 0 atom stereocenters. The highest BCUT2D eigenvalue weighted by molar-refractivity contribution is 5.77. The molecule has 0 aliphatic rings. The van der Waals surface area contributed by atoms with Gasteiger partial charge in [0.1, 0.15) is 29.1 Å². The molecule has 0 unspecified atom stereocenters. The van der Waals surface area contributed by atoms with E-state index in [4.69, 9.17) is 21.0 Å². The average Bonchev–Trinajstić information content (AvgIpc) is 0.825. The molecule has 10 heterocycles. The van der Waals surface area contributed by atoms with Crippen molar-refractivity contribution in [3.63, 3.8) is 0 Å². The molecule has 0 saturated heterocycles. The lowest BCUT2D eigenvalue weighted by Gasteiger charge is -2.08. The van der Waals surface area contributed by atoms with Crippen molar-refractivity contribution in [3.8, 4) is 170 Å². The predicted molar refractivity (Wildman–Crippen MR) is 477 cm³/mol. The molecule has 0 bridgehead atoms. The van der Waals surface area contributed by atoms with Crippen LogP contribution in [0.15, 0.2) is 347 Å². The highest BCUT2D eigenvalue weighted by Gasteiger charge is 2.15. The fourth-order valence-corrected chi connectivity index (χ4v) is 13.0. The third-order valence-corrected chi connectivity index (χ3v) is 19.2. The molecule has 18 rings (SSSR count). The van der Waals surface area contributed by atoms with Gasteiger partial charge in [0.15, 0.2) is 0 Å².